The summed E-state index contributed by atoms with van der Waals surface area (Å²) in [6, 6.07) is 10.4. The summed E-state index contributed by atoms with van der Waals surface area (Å²) in [6.45, 7) is 2.17. The summed E-state index contributed by atoms with van der Waals surface area (Å²) in [6.07, 6.45) is 2.20. The van der Waals surface area contributed by atoms with Crippen LogP contribution in [0.4, 0.5) is 0 Å². The van der Waals surface area contributed by atoms with Crippen molar-refractivity contribution in [1.82, 2.24) is 4.98 Å². The first-order valence-corrected chi connectivity index (χ1v) is 5.64. The van der Waals surface area contributed by atoms with Gasteiger partial charge in [0.25, 0.3) is 0 Å². The van der Waals surface area contributed by atoms with E-state index in [1.54, 1.807) is 0 Å². The van der Waals surface area contributed by atoms with E-state index in [9.17, 15) is 0 Å². The minimum Gasteiger partial charge on any atom is -0.253 e. The summed E-state index contributed by atoms with van der Waals surface area (Å²) in [5.41, 5.74) is 2.25. The number of aryl methyl sites for hydroxylation is 1. The van der Waals surface area contributed by atoms with E-state index in [2.05, 4.69) is 46.0 Å². The SMILES string of the molecule is CCCc1ccc2c(Br)cccc2n1. The van der Waals surface area contributed by atoms with Crippen LogP contribution in [-0.2, 0) is 6.42 Å². The van der Waals surface area contributed by atoms with E-state index >= 15 is 0 Å². The molecule has 0 amide bonds. The van der Waals surface area contributed by atoms with Crippen molar-refractivity contribution < 1.29 is 0 Å². The predicted molar refractivity (Wildman–Crippen MR) is 63.4 cm³/mol. The van der Waals surface area contributed by atoms with Crippen LogP contribution >= 0.6 is 15.9 Å². The second-order valence-electron chi connectivity index (χ2n) is 3.36. The topological polar surface area (TPSA) is 12.9 Å². The third-order valence-electron chi connectivity index (χ3n) is 2.24. The largest absolute Gasteiger partial charge is 0.253 e. The molecule has 1 aromatic carbocycles. The van der Waals surface area contributed by atoms with E-state index in [4.69, 9.17) is 0 Å². The molecule has 2 heteroatoms. The zero-order chi connectivity index (χ0) is 9.97. The zero-order valence-corrected chi connectivity index (χ0v) is 9.71. The van der Waals surface area contributed by atoms with Gasteiger partial charge in [-0.2, -0.15) is 0 Å². The van der Waals surface area contributed by atoms with Gasteiger partial charge >= 0.3 is 0 Å². The van der Waals surface area contributed by atoms with Crippen molar-refractivity contribution in [2.75, 3.05) is 0 Å². The van der Waals surface area contributed by atoms with Gasteiger partial charge in [0.05, 0.1) is 5.52 Å². The number of halogens is 1. The van der Waals surface area contributed by atoms with Crippen LogP contribution in [0.25, 0.3) is 10.9 Å². The highest BCUT2D eigenvalue weighted by molar-refractivity contribution is 9.10. The van der Waals surface area contributed by atoms with Crippen molar-refractivity contribution in [2.24, 2.45) is 0 Å². The van der Waals surface area contributed by atoms with Crippen molar-refractivity contribution in [1.29, 1.82) is 0 Å². The van der Waals surface area contributed by atoms with Crippen LogP contribution in [-0.4, -0.2) is 4.98 Å². The lowest BCUT2D eigenvalue weighted by Crippen LogP contribution is -1.89. The van der Waals surface area contributed by atoms with E-state index in [1.165, 1.54) is 11.1 Å². The molecule has 0 saturated heterocycles. The Bertz CT molecular complexity index is 451. The number of nitrogens with zero attached hydrogens (tertiary/aromatic N) is 1. The number of fused-ring (bicyclic) bond motifs is 1. The van der Waals surface area contributed by atoms with Gasteiger partial charge in [-0.15, -0.1) is 0 Å². The van der Waals surface area contributed by atoms with Crippen LogP contribution in [0.15, 0.2) is 34.8 Å². The molecule has 1 nitrogen and oxygen atoms in total. The first-order valence-electron chi connectivity index (χ1n) is 4.85. The smallest absolute Gasteiger partial charge is 0.0716 e. The molecule has 72 valence electrons. The lowest BCUT2D eigenvalue weighted by atomic mass is 10.1. The lowest BCUT2D eigenvalue weighted by Gasteiger charge is -2.02. The van der Waals surface area contributed by atoms with Gasteiger partial charge in [-0.05, 0) is 30.7 Å². The molecular formula is C12H12BrN. The van der Waals surface area contributed by atoms with Crippen LogP contribution in [0.5, 0.6) is 0 Å². The fourth-order valence-electron chi connectivity index (χ4n) is 1.56. The van der Waals surface area contributed by atoms with Gasteiger partial charge in [0.2, 0.25) is 0 Å². The van der Waals surface area contributed by atoms with Crippen molar-refractivity contribution in [3.05, 3.63) is 40.5 Å². The first kappa shape index (κ1) is 9.66. The second kappa shape index (κ2) is 4.09. The van der Waals surface area contributed by atoms with Crippen molar-refractivity contribution in [2.45, 2.75) is 19.8 Å². The number of aromatic nitrogens is 1. The quantitative estimate of drug-likeness (QED) is 0.786. The molecule has 1 aromatic heterocycles. The molecule has 0 radical (unpaired) electrons. The first-order chi connectivity index (χ1) is 6.81. The minimum atomic E-state index is 1.06. The Labute approximate surface area is 92.3 Å². The van der Waals surface area contributed by atoms with E-state index in [-0.39, 0.29) is 0 Å². The molecule has 14 heavy (non-hydrogen) atoms. The molecule has 2 rings (SSSR count). The molecule has 2 aromatic rings. The van der Waals surface area contributed by atoms with Gasteiger partial charge in [0, 0.05) is 15.6 Å². The van der Waals surface area contributed by atoms with Gasteiger partial charge in [-0.1, -0.05) is 35.3 Å². The molecule has 0 fully saturated rings. The molecule has 1 heterocycles. The summed E-state index contributed by atoms with van der Waals surface area (Å²) in [7, 11) is 0. The monoisotopic (exact) mass is 249 g/mol. The van der Waals surface area contributed by atoms with Crippen LogP contribution in [0, 0.1) is 0 Å². The summed E-state index contributed by atoms with van der Waals surface area (Å²) in [5.74, 6) is 0. The van der Waals surface area contributed by atoms with Gasteiger partial charge in [0.1, 0.15) is 0 Å². The normalized spacial score (nSPS) is 10.7. The fourth-order valence-corrected chi connectivity index (χ4v) is 2.04. The average molecular weight is 250 g/mol. The number of pyridine rings is 1. The van der Waals surface area contributed by atoms with Gasteiger partial charge in [-0.25, -0.2) is 0 Å². The molecule has 0 saturated carbocycles. The maximum Gasteiger partial charge on any atom is 0.0716 e. The van der Waals surface area contributed by atoms with Crippen molar-refractivity contribution >= 4 is 26.8 Å². The summed E-state index contributed by atoms with van der Waals surface area (Å²) in [5, 5.41) is 1.19. The van der Waals surface area contributed by atoms with Gasteiger partial charge in [-0.3, -0.25) is 4.98 Å². The molecular weight excluding hydrogens is 238 g/mol. The highest BCUT2D eigenvalue weighted by Crippen LogP contribution is 2.22. The van der Waals surface area contributed by atoms with E-state index < -0.39 is 0 Å². The molecule has 0 bridgehead atoms. The molecule has 0 spiro atoms. The number of rotatable bonds is 2. The predicted octanol–water partition coefficient (Wildman–Crippen LogP) is 3.95. The van der Waals surface area contributed by atoms with Crippen LogP contribution < -0.4 is 0 Å². The molecule has 0 aliphatic rings. The van der Waals surface area contributed by atoms with E-state index in [1.807, 2.05) is 12.1 Å². The Balaban J connectivity index is 2.56. The van der Waals surface area contributed by atoms with Gasteiger partial charge < -0.3 is 0 Å². The molecule has 0 aliphatic carbocycles. The molecule has 0 N–H and O–H groups in total. The zero-order valence-electron chi connectivity index (χ0n) is 8.13. The highest BCUT2D eigenvalue weighted by atomic mass is 79.9. The number of benzene rings is 1. The summed E-state index contributed by atoms with van der Waals surface area (Å²) < 4.78 is 1.12. The fraction of sp³-hybridized carbons (Fsp3) is 0.250. The Hall–Kier alpha value is -0.890. The standard InChI is InChI=1S/C12H12BrN/c1-2-4-9-7-8-10-11(13)5-3-6-12(10)14-9/h3,5-8H,2,4H2,1H3. The van der Waals surface area contributed by atoms with Gasteiger partial charge in [0.15, 0.2) is 0 Å². The Morgan fingerprint density at radius 1 is 1.21 bits per heavy atom. The highest BCUT2D eigenvalue weighted by Gasteiger charge is 2.00. The number of hydrogen-bond acceptors (Lipinski definition) is 1. The Morgan fingerprint density at radius 2 is 2.07 bits per heavy atom. The van der Waals surface area contributed by atoms with Crippen molar-refractivity contribution in [3.63, 3.8) is 0 Å². The van der Waals surface area contributed by atoms with E-state index in [0.717, 1.165) is 22.8 Å². The summed E-state index contributed by atoms with van der Waals surface area (Å²) in [4.78, 5) is 4.60. The maximum atomic E-state index is 4.60. The number of hydrogen-bond donors (Lipinski definition) is 0. The van der Waals surface area contributed by atoms with Crippen molar-refractivity contribution in [3.8, 4) is 0 Å². The third-order valence-corrected chi connectivity index (χ3v) is 2.93. The van der Waals surface area contributed by atoms with Crippen LogP contribution in [0.2, 0.25) is 0 Å². The Kier molecular flexibility index (Phi) is 2.82. The van der Waals surface area contributed by atoms with E-state index in [0.29, 0.717) is 0 Å². The Morgan fingerprint density at radius 3 is 2.86 bits per heavy atom. The average Bonchev–Trinajstić information content (AvgIpc) is 2.18. The molecule has 0 aliphatic heterocycles. The maximum absolute atomic E-state index is 4.60. The van der Waals surface area contributed by atoms with Crippen LogP contribution in [0.1, 0.15) is 19.0 Å². The molecule has 0 atom stereocenters. The third kappa shape index (κ3) is 1.80. The minimum absolute atomic E-state index is 1.06. The van der Waals surface area contributed by atoms with Crippen LogP contribution in [0.3, 0.4) is 0 Å². The molecule has 0 unspecified atom stereocenters. The summed E-state index contributed by atoms with van der Waals surface area (Å²) >= 11 is 3.52. The lowest BCUT2D eigenvalue weighted by molar-refractivity contribution is 0.890. The second-order valence-corrected chi connectivity index (χ2v) is 4.21.